The highest BCUT2D eigenvalue weighted by atomic mass is 16.2. The molecule has 3 unspecified atom stereocenters. The lowest BCUT2D eigenvalue weighted by molar-refractivity contribution is -0.136. The van der Waals surface area contributed by atoms with Crippen LogP contribution in [0.15, 0.2) is 0 Å². The molecule has 2 heterocycles. The number of nitrogens with two attached hydrogens (primary N) is 1. The molecule has 1 amide bonds. The molecule has 19 heavy (non-hydrogen) atoms. The van der Waals surface area contributed by atoms with Gasteiger partial charge in [0.15, 0.2) is 0 Å². The highest BCUT2D eigenvalue weighted by molar-refractivity contribution is 5.78. The number of nitrogens with zero attached hydrogens (tertiary/aromatic N) is 2. The van der Waals surface area contributed by atoms with Gasteiger partial charge in [-0.2, -0.15) is 0 Å². The average Bonchev–Trinajstić information content (AvgIpc) is 2.64. The van der Waals surface area contributed by atoms with E-state index in [0.717, 1.165) is 19.5 Å². The molecule has 2 aliphatic rings. The molecular formula is C15H29N3O. The predicted octanol–water partition coefficient (Wildman–Crippen LogP) is 1.45. The molecular weight excluding hydrogens is 238 g/mol. The van der Waals surface area contributed by atoms with Gasteiger partial charge in [-0.3, -0.25) is 9.69 Å². The molecule has 0 aromatic carbocycles. The molecule has 0 aromatic rings. The quantitative estimate of drug-likeness (QED) is 0.824. The van der Waals surface area contributed by atoms with Crippen molar-refractivity contribution in [2.24, 2.45) is 11.1 Å². The Morgan fingerprint density at radius 3 is 2.32 bits per heavy atom. The maximum absolute atomic E-state index is 12.5. The van der Waals surface area contributed by atoms with E-state index in [4.69, 9.17) is 5.73 Å². The first-order valence-corrected chi connectivity index (χ1v) is 7.60. The third kappa shape index (κ3) is 3.11. The van der Waals surface area contributed by atoms with Gasteiger partial charge < -0.3 is 10.6 Å². The molecule has 2 aliphatic heterocycles. The van der Waals surface area contributed by atoms with E-state index in [-0.39, 0.29) is 17.4 Å². The van der Waals surface area contributed by atoms with Crippen LogP contribution < -0.4 is 5.73 Å². The van der Waals surface area contributed by atoms with E-state index in [1.807, 2.05) is 4.90 Å². The largest absolute Gasteiger partial charge is 0.341 e. The van der Waals surface area contributed by atoms with E-state index in [2.05, 4.69) is 32.6 Å². The van der Waals surface area contributed by atoms with E-state index >= 15 is 0 Å². The van der Waals surface area contributed by atoms with Crippen LogP contribution in [0.5, 0.6) is 0 Å². The average molecular weight is 267 g/mol. The van der Waals surface area contributed by atoms with E-state index in [1.54, 1.807) is 0 Å². The maximum atomic E-state index is 12.5. The number of rotatable bonds is 2. The Kier molecular flexibility index (Phi) is 4.21. The van der Waals surface area contributed by atoms with Crippen molar-refractivity contribution in [1.29, 1.82) is 0 Å². The summed E-state index contributed by atoms with van der Waals surface area (Å²) >= 11 is 0. The molecule has 110 valence electrons. The lowest BCUT2D eigenvalue weighted by Crippen LogP contribution is -2.56. The van der Waals surface area contributed by atoms with Crippen molar-refractivity contribution < 1.29 is 4.79 Å². The zero-order valence-electron chi connectivity index (χ0n) is 12.9. The highest BCUT2D eigenvalue weighted by Crippen LogP contribution is 2.28. The summed E-state index contributed by atoms with van der Waals surface area (Å²) in [6, 6.07) is 1.29. The van der Waals surface area contributed by atoms with Crippen LogP contribution in [-0.4, -0.2) is 53.5 Å². The first-order chi connectivity index (χ1) is 8.81. The summed E-state index contributed by atoms with van der Waals surface area (Å²) in [6.07, 6.45) is 3.35. The first-order valence-electron chi connectivity index (χ1n) is 7.60. The van der Waals surface area contributed by atoms with Crippen LogP contribution >= 0.6 is 0 Å². The Morgan fingerprint density at radius 1 is 1.21 bits per heavy atom. The SMILES string of the molecule is CC1CCC(C)N1CC(=O)N1CCC(N)C(C)(C)C1. The smallest absolute Gasteiger partial charge is 0.236 e. The van der Waals surface area contributed by atoms with Crippen molar-refractivity contribution >= 4 is 5.91 Å². The Morgan fingerprint density at radius 2 is 1.79 bits per heavy atom. The Bertz CT molecular complexity index is 332. The van der Waals surface area contributed by atoms with Gasteiger partial charge in [-0.1, -0.05) is 13.8 Å². The summed E-state index contributed by atoms with van der Waals surface area (Å²) in [6.45, 7) is 11.0. The van der Waals surface area contributed by atoms with Gasteiger partial charge in [-0.15, -0.1) is 0 Å². The van der Waals surface area contributed by atoms with Gasteiger partial charge in [0.2, 0.25) is 5.91 Å². The molecule has 0 aromatic heterocycles. The summed E-state index contributed by atoms with van der Waals surface area (Å²) < 4.78 is 0. The van der Waals surface area contributed by atoms with E-state index in [0.29, 0.717) is 18.6 Å². The van der Waals surface area contributed by atoms with Crippen molar-refractivity contribution in [2.75, 3.05) is 19.6 Å². The van der Waals surface area contributed by atoms with Gasteiger partial charge >= 0.3 is 0 Å². The monoisotopic (exact) mass is 267 g/mol. The Labute approximate surface area is 117 Å². The molecule has 0 spiro atoms. The minimum atomic E-state index is 0.0378. The Hall–Kier alpha value is -0.610. The van der Waals surface area contributed by atoms with Crippen LogP contribution in [0.1, 0.15) is 47.0 Å². The zero-order valence-corrected chi connectivity index (χ0v) is 12.9. The molecule has 0 aliphatic carbocycles. The van der Waals surface area contributed by atoms with Crippen molar-refractivity contribution in [3.8, 4) is 0 Å². The topological polar surface area (TPSA) is 49.6 Å². The van der Waals surface area contributed by atoms with Crippen molar-refractivity contribution in [2.45, 2.75) is 65.1 Å². The van der Waals surface area contributed by atoms with E-state index < -0.39 is 0 Å². The summed E-state index contributed by atoms with van der Waals surface area (Å²) in [5.74, 6) is 0.278. The van der Waals surface area contributed by atoms with Crippen LogP contribution in [0.25, 0.3) is 0 Å². The fourth-order valence-electron chi connectivity index (χ4n) is 3.40. The van der Waals surface area contributed by atoms with Crippen molar-refractivity contribution in [3.05, 3.63) is 0 Å². The zero-order chi connectivity index (χ0) is 14.2. The minimum absolute atomic E-state index is 0.0378. The summed E-state index contributed by atoms with van der Waals surface area (Å²) in [5.41, 5.74) is 6.17. The van der Waals surface area contributed by atoms with Gasteiger partial charge in [0.05, 0.1) is 6.54 Å². The van der Waals surface area contributed by atoms with Gasteiger partial charge in [0, 0.05) is 31.2 Å². The van der Waals surface area contributed by atoms with Crippen LogP contribution in [0.4, 0.5) is 0 Å². The number of carbonyl (C=O) groups is 1. The number of amides is 1. The molecule has 2 saturated heterocycles. The highest BCUT2D eigenvalue weighted by Gasteiger charge is 2.37. The number of piperidine rings is 1. The Balaban J connectivity index is 1.93. The second kappa shape index (κ2) is 5.41. The molecule has 0 saturated carbocycles. The lowest BCUT2D eigenvalue weighted by atomic mass is 9.79. The molecule has 0 radical (unpaired) electrons. The van der Waals surface area contributed by atoms with E-state index in [1.165, 1.54) is 12.8 Å². The van der Waals surface area contributed by atoms with Crippen LogP contribution in [0, 0.1) is 5.41 Å². The molecule has 4 nitrogen and oxygen atoms in total. The first kappa shape index (κ1) is 14.8. The van der Waals surface area contributed by atoms with Crippen LogP contribution in [-0.2, 0) is 4.79 Å². The molecule has 0 bridgehead atoms. The molecule has 4 heteroatoms. The van der Waals surface area contributed by atoms with Crippen molar-refractivity contribution in [1.82, 2.24) is 9.80 Å². The maximum Gasteiger partial charge on any atom is 0.236 e. The minimum Gasteiger partial charge on any atom is -0.341 e. The third-order valence-electron chi connectivity index (χ3n) is 5.12. The second-order valence-corrected chi connectivity index (χ2v) is 7.15. The van der Waals surface area contributed by atoms with Crippen molar-refractivity contribution in [3.63, 3.8) is 0 Å². The molecule has 2 N–H and O–H groups in total. The third-order valence-corrected chi connectivity index (χ3v) is 5.12. The number of carbonyl (C=O) groups excluding carboxylic acids is 1. The summed E-state index contributed by atoms with van der Waals surface area (Å²) in [5, 5.41) is 0. The number of hydrogen-bond acceptors (Lipinski definition) is 3. The van der Waals surface area contributed by atoms with Gasteiger partial charge in [-0.05, 0) is 38.5 Å². The molecule has 3 atom stereocenters. The summed E-state index contributed by atoms with van der Waals surface area (Å²) in [7, 11) is 0. The lowest BCUT2D eigenvalue weighted by Gasteiger charge is -2.43. The normalized spacial score (nSPS) is 35.6. The molecule has 2 fully saturated rings. The van der Waals surface area contributed by atoms with Crippen LogP contribution in [0.3, 0.4) is 0 Å². The standard InChI is InChI=1S/C15H29N3O/c1-11-5-6-12(2)18(11)9-14(19)17-8-7-13(16)15(3,4)10-17/h11-13H,5-10,16H2,1-4H3. The summed E-state index contributed by atoms with van der Waals surface area (Å²) in [4.78, 5) is 16.8. The fourth-order valence-corrected chi connectivity index (χ4v) is 3.40. The molecule has 2 rings (SSSR count). The van der Waals surface area contributed by atoms with Crippen LogP contribution in [0.2, 0.25) is 0 Å². The predicted molar refractivity (Wildman–Crippen MR) is 77.8 cm³/mol. The number of likely N-dealkylation sites (tertiary alicyclic amines) is 2. The number of hydrogen-bond donors (Lipinski definition) is 1. The van der Waals surface area contributed by atoms with Gasteiger partial charge in [-0.25, -0.2) is 0 Å². The van der Waals surface area contributed by atoms with E-state index in [9.17, 15) is 4.79 Å². The van der Waals surface area contributed by atoms with Gasteiger partial charge in [0.25, 0.3) is 0 Å². The van der Waals surface area contributed by atoms with Gasteiger partial charge in [0.1, 0.15) is 0 Å². The fraction of sp³-hybridized carbons (Fsp3) is 0.933. The second-order valence-electron chi connectivity index (χ2n) is 7.15.